The molecule has 0 fully saturated rings. The van der Waals surface area contributed by atoms with Crippen LogP contribution in [0.3, 0.4) is 0 Å². The highest BCUT2D eigenvalue weighted by Crippen LogP contribution is 2.22. The lowest BCUT2D eigenvalue weighted by Gasteiger charge is -2.11. The Morgan fingerprint density at radius 3 is 2.88 bits per heavy atom. The molecule has 0 aliphatic carbocycles. The Morgan fingerprint density at radius 1 is 1.56 bits per heavy atom. The van der Waals surface area contributed by atoms with Gasteiger partial charge in [-0.1, -0.05) is 19.1 Å². The summed E-state index contributed by atoms with van der Waals surface area (Å²) < 4.78 is 25.5. The molecule has 0 bridgehead atoms. The third-order valence-corrected chi connectivity index (χ3v) is 4.97. The first-order valence-corrected chi connectivity index (χ1v) is 7.24. The summed E-state index contributed by atoms with van der Waals surface area (Å²) in [5.74, 6) is 0.0421. The highest BCUT2D eigenvalue weighted by molar-refractivity contribution is 9.10. The van der Waals surface area contributed by atoms with Gasteiger partial charge in [0, 0.05) is 16.0 Å². The summed E-state index contributed by atoms with van der Waals surface area (Å²) in [6, 6.07) is 4.78. The third kappa shape index (κ3) is 3.64. The Bertz CT molecular complexity index is 386. The Morgan fingerprint density at radius 2 is 2.25 bits per heavy atom. The van der Waals surface area contributed by atoms with Crippen LogP contribution in [0.2, 0.25) is 0 Å². The van der Waals surface area contributed by atoms with E-state index < -0.39 is 10.8 Å². The van der Waals surface area contributed by atoms with Gasteiger partial charge in [0.25, 0.3) is 0 Å². The van der Waals surface area contributed by atoms with Crippen molar-refractivity contribution in [1.29, 1.82) is 0 Å². The number of benzene rings is 1. The maximum absolute atomic E-state index is 13.2. The minimum absolute atomic E-state index is 0.0418. The van der Waals surface area contributed by atoms with Crippen molar-refractivity contribution in [3.8, 4) is 0 Å². The van der Waals surface area contributed by atoms with E-state index in [2.05, 4.69) is 15.9 Å². The lowest BCUT2D eigenvalue weighted by molar-refractivity contribution is 0.619. The third-order valence-electron chi connectivity index (χ3n) is 2.35. The van der Waals surface area contributed by atoms with Gasteiger partial charge in [-0.05, 0) is 40.5 Å². The van der Waals surface area contributed by atoms with E-state index in [1.54, 1.807) is 12.1 Å². The van der Waals surface area contributed by atoms with Crippen molar-refractivity contribution in [1.82, 2.24) is 0 Å². The summed E-state index contributed by atoms with van der Waals surface area (Å²) in [6.45, 7) is 2.42. The Hall–Kier alpha value is -0.260. The van der Waals surface area contributed by atoms with Gasteiger partial charge in [0.15, 0.2) is 0 Å². The van der Waals surface area contributed by atoms with Crippen molar-refractivity contribution >= 4 is 26.7 Å². The maximum atomic E-state index is 13.2. The first kappa shape index (κ1) is 13.8. The molecule has 0 saturated carbocycles. The van der Waals surface area contributed by atoms with Gasteiger partial charge < -0.3 is 5.73 Å². The Labute approximate surface area is 106 Å². The Balaban J connectivity index is 2.73. The zero-order chi connectivity index (χ0) is 12.1. The van der Waals surface area contributed by atoms with E-state index in [-0.39, 0.29) is 11.1 Å². The van der Waals surface area contributed by atoms with Crippen LogP contribution in [0.1, 0.15) is 18.9 Å². The molecule has 0 spiro atoms. The molecule has 2 N–H and O–H groups in total. The predicted molar refractivity (Wildman–Crippen MR) is 69.1 cm³/mol. The van der Waals surface area contributed by atoms with Crippen molar-refractivity contribution < 1.29 is 8.60 Å². The highest BCUT2D eigenvalue weighted by Gasteiger charge is 2.13. The van der Waals surface area contributed by atoms with Gasteiger partial charge in [-0.3, -0.25) is 4.21 Å². The van der Waals surface area contributed by atoms with E-state index in [9.17, 15) is 8.60 Å². The quantitative estimate of drug-likeness (QED) is 0.908. The number of rotatable bonds is 5. The lowest BCUT2D eigenvalue weighted by Crippen LogP contribution is -2.17. The molecule has 2 nitrogen and oxygen atoms in total. The van der Waals surface area contributed by atoms with E-state index in [4.69, 9.17) is 5.73 Å². The zero-order valence-corrected chi connectivity index (χ0v) is 11.5. The van der Waals surface area contributed by atoms with Gasteiger partial charge in [-0.2, -0.15) is 0 Å². The Kier molecular flexibility index (Phi) is 5.58. The maximum Gasteiger partial charge on any atom is 0.137 e. The molecule has 0 aliphatic rings. The van der Waals surface area contributed by atoms with Gasteiger partial charge in [-0.15, -0.1) is 0 Å². The monoisotopic (exact) mass is 307 g/mol. The molecule has 0 heterocycles. The molecule has 0 aliphatic heterocycles. The molecule has 1 rings (SSSR count). The van der Waals surface area contributed by atoms with Crippen LogP contribution in [-0.4, -0.2) is 16.0 Å². The van der Waals surface area contributed by atoms with Gasteiger partial charge in [-0.25, -0.2) is 4.39 Å². The van der Waals surface area contributed by atoms with Crippen molar-refractivity contribution in [2.24, 2.45) is 5.73 Å². The van der Waals surface area contributed by atoms with Crippen molar-refractivity contribution in [2.45, 2.75) is 24.3 Å². The second-order valence-corrected chi connectivity index (χ2v) is 6.27. The van der Waals surface area contributed by atoms with Crippen LogP contribution < -0.4 is 5.73 Å². The second kappa shape index (κ2) is 6.47. The minimum Gasteiger partial charge on any atom is -0.330 e. The molecule has 0 amide bonds. The van der Waals surface area contributed by atoms with Crippen molar-refractivity contribution in [3.63, 3.8) is 0 Å². The van der Waals surface area contributed by atoms with Crippen molar-refractivity contribution in [3.05, 3.63) is 34.1 Å². The number of halogens is 2. The molecule has 90 valence electrons. The average molecular weight is 308 g/mol. The van der Waals surface area contributed by atoms with Crippen LogP contribution in [0, 0.1) is 5.82 Å². The molecule has 0 aromatic heterocycles. The SMILES string of the molecule is CC(CCN)S(=O)Cc1cccc(F)c1Br. The molecular formula is C11H15BrFNOS. The standard InChI is InChI=1S/C11H15BrFNOS/c1-8(5-6-14)16(15)7-9-3-2-4-10(13)11(9)12/h2-4,8H,5-7,14H2,1H3. The summed E-state index contributed by atoms with van der Waals surface area (Å²) in [5.41, 5.74) is 6.15. The predicted octanol–water partition coefficient (Wildman–Crippen LogP) is 2.57. The topological polar surface area (TPSA) is 43.1 Å². The van der Waals surface area contributed by atoms with Gasteiger partial charge in [0.05, 0.1) is 10.2 Å². The van der Waals surface area contributed by atoms with Crippen LogP contribution in [0.25, 0.3) is 0 Å². The zero-order valence-electron chi connectivity index (χ0n) is 9.08. The fourth-order valence-corrected chi connectivity index (χ4v) is 3.14. The minimum atomic E-state index is -1.01. The molecule has 2 unspecified atom stereocenters. The summed E-state index contributed by atoms with van der Waals surface area (Å²) in [6.07, 6.45) is 0.722. The van der Waals surface area contributed by atoms with Gasteiger partial charge in [0.2, 0.25) is 0 Å². The molecule has 0 radical (unpaired) electrons. The van der Waals surface area contributed by atoms with Crippen molar-refractivity contribution in [2.75, 3.05) is 6.54 Å². The highest BCUT2D eigenvalue weighted by atomic mass is 79.9. The molecular weight excluding hydrogens is 293 g/mol. The molecule has 16 heavy (non-hydrogen) atoms. The van der Waals surface area contributed by atoms with E-state index >= 15 is 0 Å². The van der Waals surface area contributed by atoms with E-state index in [1.807, 2.05) is 6.92 Å². The fraction of sp³-hybridized carbons (Fsp3) is 0.455. The normalized spacial score (nSPS) is 14.8. The molecule has 1 aromatic rings. The first-order chi connectivity index (χ1) is 7.56. The molecule has 5 heteroatoms. The summed E-state index contributed by atoms with van der Waals surface area (Å²) in [4.78, 5) is 0. The van der Waals surface area contributed by atoms with Crippen LogP contribution in [0.15, 0.2) is 22.7 Å². The van der Waals surface area contributed by atoms with Gasteiger partial charge >= 0.3 is 0 Å². The second-order valence-electron chi connectivity index (χ2n) is 3.63. The first-order valence-electron chi connectivity index (χ1n) is 5.06. The van der Waals surface area contributed by atoms with E-state index in [1.165, 1.54) is 6.07 Å². The lowest BCUT2D eigenvalue weighted by atomic mass is 10.2. The largest absolute Gasteiger partial charge is 0.330 e. The van der Waals surface area contributed by atoms with Gasteiger partial charge in [0.1, 0.15) is 5.82 Å². The van der Waals surface area contributed by atoms with Crippen LogP contribution >= 0.6 is 15.9 Å². The van der Waals surface area contributed by atoms with Crippen LogP contribution in [-0.2, 0) is 16.6 Å². The van der Waals surface area contributed by atoms with Crippen LogP contribution in [0.5, 0.6) is 0 Å². The number of hydrogen-bond acceptors (Lipinski definition) is 2. The number of nitrogens with two attached hydrogens (primary N) is 1. The average Bonchev–Trinajstić information content (AvgIpc) is 2.25. The van der Waals surface area contributed by atoms with E-state index in [0.29, 0.717) is 16.8 Å². The molecule has 1 aromatic carbocycles. The smallest absolute Gasteiger partial charge is 0.137 e. The number of hydrogen-bond donors (Lipinski definition) is 1. The van der Waals surface area contributed by atoms with E-state index in [0.717, 1.165) is 12.0 Å². The van der Waals surface area contributed by atoms with Crippen LogP contribution in [0.4, 0.5) is 4.39 Å². The molecule has 2 atom stereocenters. The summed E-state index contributed by atoms with van der Waals surface area (Å²) in [5, 5.41) is 0.0418. The summed E-state index contributed by atoms with van der Waals surface area (Å²) in [7, 11) is -1.01. The molecule has 0 saturated heterocycles. The summed E-state index contributed by atoms with van der Waals surface area (Å²) >= 11 is 3.16. The fourth-order valence-electron chi connectivity index (χ4n) is 1.32.